The van der Waals surface area contributed by atoms with Crippen molar-refractivity contribution in [2.45, 2.75) is 13.2 Å². The van der Waals surface area contributed by atoms with Crippen LogP contribution in [0, 0.1) is 10.1 Å². The van der Waals surface area contributed by atoms with Gasteiger partial charge < -0.3 is 9.47 Å². The molecule has 0 saturated carbocycles. The molecule has 8 heteroatoms. The van der Waals surface area contributed by atoms with Crippen LogP contribution in [0.2, 0.25) is 0 Å². The van der Waals surface area contributed by atoms with E-state index in [0.717, 1.165) is 5.69 Å². The first-order valence-electron chi connectivity index (χ1n) is 7.63. The van der Waals surface area contributed by atoms with Gasteiger partial charge in [0.15, 0.2) is 0 Å². The molecule has 0 N–H and O–H groups in total. The Morgan fingerprint density at radius 3 is 2.77 bits per heavy atom. The number of rotatable bonds is 7. The Labute approximate surface area is 153 Å². The smallest absolute Gasteiger partial charge is 0.338 e. The largest absolute Gasteiger partial charge is 0.487 e. The summed E-state index contributed by atoms with van der Waals surface area (Å²) in [4.78, 5) is 26.8. The molecular formula is C18H14N2O5S. The molecule has 0 saturated heterocycles. The van der Waals surface area contributed by atoms with Gasteiger partial charge in [0.05, 0.1) is 27.3 Å². The molecule has 1 aromatic heterocycles. The maximum Gasteiger partial charge on any atom is 0.338 e. The molecule has 26 heavy (non-hydrogen) atoms. The first-order valence-corrected chi connectivity index (χ1v) is 8.57. The molecule has 132 valence electrons. The summed E-state index contributed by atoms with van der Waals surface area (Å²) in [5, 5.41) is 12.9. The highest BCUT2D eigenvalue weighted by Gasteiger charge is 2.15. The van der Waals surface area contributed by atoms with E-state index >= 15 is 0 Å². The normalized spacial score (nSPS) is 10.3. The van der Waals surface area contributed by atoms with Crippen LogP contribution in [0.4, 0.5) is 5.69 Å². The number of hydrogen-bond donors (Lipinski definition) is 0. The Bertz CT molecular complexity index is 911. The minimum absolute atomic E-state index is 0.0827. The summed E-state index contributed by atoms with van der Waals surface area (Å²) in [7, 11) is 0. The Morgan fingerprint density at radius 1 is 1.15 bits per heavy atom. The Hall–Kier alpha value is -3.26. The number of nitro groups is 1. The zero-order valence-corrected chi connectivity index (χ0v) is 14.3. The van der Waals surface area contributed by atoms with Crippen molar-refractivity contribution in [3.05, 3.63) is 86.4 Å². The molecule has 7 nitrogen and oxygen atoms in total. The van der Waals surface area contributed by atoms with E-state index in [1.165, 1.54) is 17.4 Å². The maximum absolute atomic E-state index is 12.2. The van der Waals surface area contributed by atoms with Crippen LogP contribution in [-0.2, 0) is 18.0 Å². The van der Waals surface area contributed by atoms with Gasteiger partial charge in [-0.25, -0.2) is 9.78 Å². The number of nitrogens with zero attached hydrogens (tertiary/aromatic N) is 2. The predicted molar refractivity (Wildman–Crippen MR) is 95.1 cm³/mol. The van der Waals surface area contributed by atoms with Crippen LogP contribution >= 0.6 is 11.3 Å². The van der Waals surface area contributed by atoms with Gasteiger partial charge in [0.1, 0.15) is 19.0 Å². The van der Waals surface area contributed by atoms with Crippen molar-refractivity contribution < 1.29 is 19.2 Å². The number of esters is 1. The van der Waals surface area contributed by atoms with Crippen molar-refractivity contribution in [2.24, 2.45) is 0 Å². The maximum atomic E-state index is 12.2. The fourth-order valence-corrected chi connectivity index (χ4v) is 2.76. The average molecular weight is 370 g/mol. The van der Waals surface area contributed by atoms with Gasteiger partial charge in [-0.3, -0.25) is 10.1 Å². The van der Waals surface area contributed by atoms with Crippen LogP contribution in [0.3, 0.4) is 0 Å². The highest BCUT2D eigenvalue weighted by atomic mass is 32.1. The van der Waals surface area contributed by atoms with Gasteiger partial charge in [-0.15, -0.1) is 11.3 Å². The quantitative estimate of drug-likeness (QED) is 0.355. The monoisotopic (exact) mass is 370 g/mol. The lowest BCUT2D eigenvalue weighted by Crippen LogP contribution is -2.07. The summed E-state index contributed by atoms with van der Waals surface area (Å²) in [6.07, 6.45) is 0. The second kappa shape index (κ2) is 8.21. The Morgan fingerprint density at radius 2 is 2.00 bits per heavy atom. The molecular weight excluding hydrogens is 356 g/mol. The molecule has 0 aliphatic rings. The lowest BCUT2D eigenvalue weighted by Gasteiger charge is -2.08. The molecule has 1 heterocycles. The van der Waals surface area contributed by atoms with Crippen molar-refractivity contribution >= 4 is 23.0 Å². The highest BCUT2D eigenvalue weighted by molar-refractivity contribution is 7.07. The number of benzene rings is 2. The third kappa shape index (κ3) is 4.42. The van der Waals surface area contributed by atoms with E-state index in [-0.39, 0.29) is 12.3 Å². The molecule has 3 rings (SSSR count). The third-order valence-electron chi connectivity index (χ3n) is 3.49. The summed E-state index contributed by atoms with van der Waals surface area (Å²) in [6.45, 7) is 0.123. The summed E-state index contributed by atoms with van der Waals surface area (Å²) in [6, 6.07) is 12.7. The number of hydrogen-bond acceptors (Lipinski definition) is 7. The Kier molecular flexibility index (Phi) is 5.55. The molecule has 0 aliphatic heterocycles. The SMILES string of the molecule is O=C(OCc1ccccc1[N+](=O)[O-])c1cccc(OCc2cscn2)c1. The Balaban J connectivity index is 1.63. The fraction of sp³-hybridized carbons (Fsp3) is 0.111. The van der Waals surface area contributed by atoms with E-state index in [4.69, 9.17) is 9.47 Å². The van der Waals surface area contributed by atoms with E-state index in [9.17, 15) is 14.9 Å². The summed E-state index contributed by atoms with van der Waals surface area (Å²) >= 11 is 1.48. The lowest BCUT2D eigenvalue weighted by molar-refractivity contribution is -0.385. The number of para-hydroxylation sites is 1. The van der Waals surface area contributed by atoms with Crippen molar-refractivity contribution in [2.75, 3.05) is 0 Å². The zero-order valence-electron chi connectivity index (χ0n) is 13.5. The van der Waals surface area contributed by atoms with Crippen LogP contribution in [0.25, 0.3) is 0 Å². The number of carbonyl (C=O) groups excluding carboxylic acids is 1. The molecule has 0 bridgehead atoms. The molecule has 0 atom stereocenters. The van der Waals surface area contributed by atoms with Crippen molar-refractivity contribution in [1.82, 2.24) is 4.98 Å². The van der Waals surface area contributed by atoms with Crippen LogP contribution in [0.15, 0.2) is 59.4 Å². The molecule has 2 aromatic carbocycles. The van der Waals surface area contributed by atoms with Crippen LogP contribution in [0.1, 0.15) is 21.6 Å². The van der Waals surface area contributed by atoms with E-state index in [2.05, 4.69) is 4.98 Å². The number of carbonyl (C=O) groups is 1. The van der Waals surface area contributed by atoms with Crippen LogP contribution in [-0.4, -0.2) is 15.9 Å². The molecule has 0 fully saturated rings. The van der Waals surface area contributed by atoms with Gasteiger partial charge in [-0.1, -0.05) is 18.2 Å². The first-order chi connectivity index (χ1) is 12.6. The number of nitro benzene ring substituents is 1. The molecule has 0 radical (unpaired) electrons. The standard InChI is InChI=1S/C18H14N2O5S/c21-18(25-9-14-4-1-2-7-17(14)20(22)23)13-5-3-6-16(8-13)24-10-15-11-26-12-19-15/h1-8,11-12H,9-10H2. The van der Waals surface area contributed by atoms with Gasteiger partial charge in [-0.2, -0.15) is 0 Å². The van der Waals surface area contributed by atoms with E-state index < -0.39 is 10.9 Å². The third-order valence-corrected chi connectivity index (χ3v) is 4.12. The highest BCUT2D eigenvalue weighted by Crippen LogP contribution is 2.20. The fourth-order valence-electron chi connectivity index (χ4n) is 2.22. The molecule has 0 spiro atoms. The van der Waals surface area contributed by atoms with E-state index in [0.29, 0.717) is 23.5 Å². The topological polar surface area (TPSA) is 91.6 Å². The van der Waals surface area contributed by atoms with Gasteiger partial charge >= 0.3 is 5.97 Å². The minimum Gasteiger partial charge on any atom is -0.487 e. The number of thiazole rings is 1. The summed E-state index contributed by atoms with van der Waals surface area (Å²) < 4.78 is 10.8. The van der Waals surface area contributed by atoms with Gasteiger partial charge in [0, 0.05) is 11.4 Å². The van der Waals surface area contributed by atoms with Crippen LogP contribution in [0.5, 0.6) is 5.75 Å². The molecule has 0 unspecified atom stereocenters. The van der Waals surface area contributed by atoms with Crippen molar-refractivity contribution in [3.63, 3.8) is 0 Å². The van der Waals surface area contributed by atoms with E-state index in [1.54, 1.807) is 48.0 Å². The summed E-state index contributed by atoms with van der Waals surface area (Å²) in [5.41, 5.74) is 3.08. The molecule has 3 aromatic rings. The number of ether oxygens (including phenoxy) is 2. The first kappa shape index (κ1) is 17.6. The second-order valence-electron chi connectivity index (χ2n) is 5.26. The average Bonchev–Trinajstić information content (AvgIpc) is 3.18. The van der Waals surface area contributed by atoms with E-state index in [1.807, 2.05) is 5.38 Å². The lowest BCUT2D eigenvalue weighted by atomic mass is 10.2. The minimum atomic E-state index is -0.581. The molecule has 0 aliphatic carbocycles. The van der Waals surface area contributed by atoms with Crippen molar-refractivity contribution in [3.8, 4) is 5.75 Å². The zero-order chi connectivity index (χ0) is 18.4. The van der Waals surface area contributed by atoms with Gasteiger partial charge in [-0.05, 0) is 24.3 Å². The molecule has 0 amide bonds. The van der Waals surface area contributed by atoms with Gasteiger partial charge in [0.25, 0.3) is 5.69 Å². The van der Waals surface area contributed by atoms with Crippen molar-refractivity contribution in [1.29, 1.82) is 0 Å². The van der Waals surface area contributed by atoms with Crippen LogP contribution < -0.4 is 4.74 Å². The predicted octanol–water partition coefficient (Wildman–Crippen LogP) is 3.99. The number of aromatic nitrogens is 1. The second-order valence-corrected chi connectivity index (χ2v) is 5.98. The summed E-state index contributed by atoms with van der Waals surface area (Å²) in [5.74, 6) is -0.0691. The van der Waals surface area contributed by atoms with Gasteiger partial charge in [0.2, 0.25) is 0 Å².